The molecule has 3 aromatic carbocycles. The number of aliphatic hydroxyl groups is 1. The highest BCUT2D eigenvalue weighted by atomic mass is 35.5. The number of halogens is 2. The highest BCUT2D eigenvalue weighted by molar-refractivity contribution is 6.31. The first-order valence-corrected chi connectivity index (χ1v) is 21.6. The number of aromatic nitrogens is 2. The summed E-state index contributed by atoms with van der Waals surface area (Å²) in [6, 6.07) is 19.5. The lowest BCUT2D eigenvalue weighted by Crippen LogP contribution is -2.66. The van der Waals surface area contributed by atoms with Crippen molar-refractivity contribution in [1.82, 2.24) is 34.9 Å². The third kappa shape index (κ3) is 11.6. The van der Waals surface area contributed by atoms with Crippen molar-refractivity contribution in [2.75, 3.05) is 33.8 Å². The fraction of sp³-hybridized carbons (Fsp3) is 0.500. The Bertz CT molecular complexity index is 2140. The molecule has 0 radical (unpaired) electrons. The molecule has 2 saturated heterocycles. The van der Waals surface area contributed by atoms with Crippen molar-refractivity contribution in [3.63, 3.8) is 0 Å². The number of piperidine rings is 1. The zero-order valence-electron chi connectivity index (χ0n) is 36.8. The molecule has 0 aliphatic carbocycles. The maximum Gasteiger partial charge on any atom is 0.410 e. The quantitative estimate of drug-likeness (QED) is 0.116. The number of amides is 2. The summed E-state index contributed by atoms with van der Waals surface area (Å²) in [6.45, 7) is 13.0. The van der Waals surface area contributed by atoms with Crippen molar-refractivity contribution >= 4 is 35.2 Å². The van der Waals surface area contributed by atoms with E-state index >= 15 is 0 Å². The molecule has 4 aromatic rings. The topological polar surface area (TPSA) is 134 Å². The first-order valence-electron chi connectivity index (χ1n) is 20.8. The van der Waals surface area contributed by atoms with E-state index in [1.807, 2.05) is 123 Å². The minimum atomic E-state index is -1.13. The lowest BCUT2D eigenvalue weighted by molar-refractivity contribution is -0.151. The van der Waals surface area contributed by atoms with Gasteiger partial charge in [-0.2, -0.15) is 0 Å². The van der Waals surface area contributed by atoms with E-state index in [1.54, 1.807) is 21.9 Å². The van der Waals surface area contributed by atoms with Crippen molar-refractivity contribution in [2.45, 2.75) is 109 Å². The fourth-order valence-corrected chi connectivity index (χ4v) is 8.40. The number of nitrogens with zero attached hydrogens (tertiary/aromatic N) is 5. The van der Waals surface area contributed by atoms with Gasteiger partial charge in [-0.25, -0.2) is 14.7 Å². The molecule has 2 fully saturated rings. The van der Waals surface area contributed by atoms with Crippen LogP contribution in [0.4, 0.5) is 4.79 Å². The predicted molar refractivity (Wildman–Crippen MR) is 239 cm³/mol. The predicted octanol–water partition coefficient (Wildman–Crippen LogP) is 7.61. The molecule has 61 heavy (non-hydrogen) atoms. The van der Waals surface area contributed by atoms with Crippen LogP contribution < -0.4 is 15.4 Å². The Morgan fingerprint density at radius 2 is 1.74 bits per heavy atom. The zero-order chi connectivity index (χ0) is 44.3. The largest absolute Gasteiger partial charge is 0.457 e. The molecule has 3 N–H and O–H groups in total. The van der Waals surface area contributed by atoms with Crippen molar-refractivity contribution in [1.29, 1.82) is 0 Å². The normalized spacial score (nSPS) is 20.4. The van der Waals surface area contributed by atoms with E-state index in [4.69, 9.17) is 37.4 Å². The van der Waals surface area contributed by atoms with Gasteiger partial charge in [-0.05, 0) is 129 Å². The zero-order valence-corrected chi connectivity index (χ0v) is 38.3. The number of rotatable bonds is 14. The molecular weight excluding hydrogens is 817 g/mol. The second-order valence-corrected chi connectivity index (χ2v) is 19.0. The average molecular weight is 879 g/mol. The molecular formula is C46H61Cl2N7O6. The lowest BCUT2D eigenvalue weighted by Gasteiger charge is -2.45. The van der Waals surface area contributed by atoms with Gasteiger partial charge in [0.2, 0.25) is 5.91 Å². The Hall–Kier alpha value is -4.21. The Morgan fingerprint density at radius 3 is 2.41 bits per heavy atom. The number of carbonyl (C=O) groups excluding carboxylic acids is 2. The van der Waals surface area contributed by atoms with Crippen LogP contribution in [0.5, 0.6) is 11.5 Å². The summed E-state index contributed by atoms with van der Waals surface area (Å²) in [6.07, 6.45) is 2.09. The number of hydrogen-bond acceptors (Lipinski definition) is 10. The van der Waals surface area contributed by atoms with Gasteiger partial charge in [-0.1, -0.05) is 41.4 Å². The van der Waals surface area contributed by atoms with Crippen LogP contribution in [-0.4, -0.2) is 110 Å². The van der Waals surface area contributed by atoms with Crippen LogP contribution in [0.25, 0.3) is 11.3 Å². The Balaban J connectivity index is 1.15. The van der Waals surface area contributed by atoms with E-state index in [-0.39, 0.29) is 19.1 Å². The van der Waals surface area contributed by atoms with Gasteiger partial charge in [-0.15, -0.1) is 0 Å². The summed E-state index contributed by atoms with van der Waals surface area (Å²) in [5.41, 5.74) is 1.36. The van der Waals surface area contributed by atoms with Gasteiger partial charge < -0.3 is 44.3 Å². The molecule has 0 saturated carbocycles. The molecule has 2 amide bonds. The van der Waals surface area contributed by atoms with Crippen LogP contribution in [0.1, 0.15) is 71.3 Å². The summed E-state index contributed by atoms with van der Waals surface area (Å²) in [5.74, 6) is 1.89. The smallest absolute Gasteiger partial charge is 0.410 e. The van der Waals surface area contributed by atoms with E-state index in [9.17, 15) is 14.7 Å². The van der Waals surface area contributed by atoms with E-state index in [2.05, 4.69) is 25.1 Å². The van der Waals surface area contributed by atoms with Gasteiger partial charge in [-0.3, -0.25) is 4.79 Å². The summed E-state index contributed by atoms with van der Waals surface area (Å²) in [5, 5.41) is 19.9. The number of aliphatic hydroxyl groups excluding tert-OH is 1. The third-order valence-electron chi connectivity index (χ3n) is 11.2. The molecule has 4 atom stereocenters. The monoisotopic (exact) mass is 877 g/mol. The van der Waals surface area contributed by atoms with Gasteiger partial charge in [0.1, 0.15) is 40.9 Å². The van der Waals surface area contributed by atoms with E-state index in [0.717, 1.165) is 34.8 Å². The molecule has 330 valence electrons. The number of hydrogen-bond donors (Lipinski definition) is 3. The summed E-state index contributed by atoms with van der Waals surface area (Å²) >= 11 is 12.7. The minimum absolute atomic E-state index is 0.0707. The molecule has 1 aromatic heterocycles. The number of nitrogens with one attached hydrogen (secondary N) is 2. The highest BCUT2D eigenvalue weighted by Gasteiger charge is 2.50. The molecule has 1 unspecified atom stereocenters. The van der Waals surface area contributed by atoms with E-state index in [1.165, 1.54) is 0 Å². The molecule has 2 aliphatic rings. The second kappa shape index (κ2) is 19.0. The van der Waals surface area contributed by atoms with Gasteiger partial charge in [0.05, 0.1) is 30.6 Å². The maximum atomic E-state index is 14.5. The average Bonchev–Trinajstić information content (AvgIpc) is 3.71. The summed E-state index contributed by atoms with van der Waals surface area (Å²) in [7, 11) is 6.05. The first-order chi connectivity index (χ1) is 28.7. The number of benzene rings is 3. The van der Waals surface area contributed by atoms with Gasteiger partial charge in [0, 0.05) is 53.9 Å². The van der Waals surface area contributed by atoms with Crippen LogP contribution in [0.3, 0.4) is 0 Å². The Labute approximate surface area is 370 Å². The second-order valence-electron chi connectivity index (χ2n) is 18.1. The summed E-state index contributed by atoms with van der Waals surface area (Å²) < 4.78 is 20.4. The Kier molecular flexibility index (Phi) is 14.4. The number of carbonyl (C=O) groups is 2. The SMILES string of the molecule is C[C@H](NCc1ccc(Cl)cc1Oc1ccc(-c2cnc(CN(C)C)n2C)cc1)C(O)N1[C@H](C(=O)N[C@@]2(Cc3ccc(Cl)cc3)CCCN(C(=O)OC(C)(C)C)C2)COC1(C)C. The molecule has 15 heteroatoms. The van der Waals surface area contributed by atoms with Crippen LogP contribution in [0, 0.1) is 0 Å². The molecule has 0 bridgehead atoms. The number of imidazole rings is 1. The van der Waals surface area contributed by atoms with E-state index in [0.29, 0.717) is 53.9 Å². The van der Waals surface area contributed by atoms with Crippen LogP contribution in [-0.2, 0) is 40.8 Å². The van der Waals surface area contributed by atoms with Gasteiger partial charge in [0.25, 0.3) is 0 Å². The van der Waals surface area contributed by atoms with Gasteiger partial charge >= 0.3 is 6.09 Å². The third-order valence-corrected chi connectivity index (χ3v) is 11.7. The lowest BCUT2D eigenvalue weighted by atomic mass is 9.82. The highest BCUT2D eigenvalue weighted by Crippen LogP contribution is 2.34. The van der Waals surface area contributed by atoms with Crippen molar-refractivity contribution in [3.05, 3.63) is 99.9 Å². The standard InChI is InChI=1S/C46H61Cl2N7O6/c1-30(49-25-33-13-18-35(48)23-39(33)60-36-19-14-32(15-20-36)37-26-50-40(53(37)9)27-52(7)8)42(57)55-38(28-59-45(55,5)6)41(56)51-46(24-31-11-16-34(47)17-12-31)21-10-22-54(29-46)43(58)61-44(2,3)4/h11-20,23,26,30,38,42,49,57H,10,21-22,24-25,27-29H2,1-9H3,(H,51,56)/t30-,38-,42?,46+/m0/s1. The molecule has 13 nitrogen and oxygen atoms in total. The molecule has 3 heterocycles. The van der Waals surface area contributed by atoms with Crippen molar-refractivity contribution in [3.8, 4) is 22.8 Å². The fourth-order valence-electron chi connectivity index (χ4n) is 8.11. The maximum absolute atomic E-state index is 14.5. The molecule has 2 aliphatic heterocycles. The van der Waals surface area contributed by atoms with Crippen LogP contribution >= 0.6 is 23.2 Å². The summed E-state index contributed by atoms with van der Waals surface area (Å²) in [4.78, 5) is 37.9. The molecule has 6 rings (SSSR count). The van der Waals surface area contributed by atoms with Gasteiger partial charge in [0.15, 0.2) is 0 Å². The number of likely N-dealkylation sites (tertiary alicyclic amines) is 1. The van der Waals surface area contributed by atoms with E-state index < -0.39 is 41.3 Å². The minimum Gasteiger partial charge on any atom is -0.457 e. The molecule has 0 spiro atoms. The van der Waals surface area contributed by atoms with Crippen molar-refractivity contribution < 1.29 is 28.9 Å². The van der Waals surface area contributed by atoms with Crippen LogP contribution in [0.2, 0.25) is 10.0 Å². The number of ether oxygens (including phenoxy) is 3. The van der Waals surface area contributed by atoms with Crippen LogP contribution in [0.15, 0.2) is 72.9 Å². The first kappa shape index (κ1) is 46.3. The Morgan fingerprint density at radius 1 is 1.05 bits per heavy atom. The van der Waals surface area contributed by atoms with Crippen molar-refractivity contribution in [2.24, 2.45) is 7.05 Å².